The normalized spacial score (nSPS) is 17.7. The predicted molar refractivity (Wildman–Crippen MR) is 136 cm³/mol. The molecule has 4 aromatic carbocycles. The molecule has 4 aromatic rings. The van der Waals surface area contributed by atoms with Crippen molar-refractivity contribution in [3.63, 3.8) is 0 Å². The Balaban J connectivity index is 1.48. The summed E-state index contributed by atoms with van der Waals surface area (Å²) in [5, 5.41) is 12.8. The van der Waals surface area contributed by atoms with Gasteiger partial charge in [-0.3, -0.25) is 4.79 Å². The SMILES string of the molecule is CC1(c2ccc(-c3ccccc3)cc2)CC(c2ccc(-c3ccccc3)cc2)=C(C#N)C(=O)N1. The number of hydrogen-bond donors (Lipinski definition) is 1. The van der Waals surface area contributed by atoms with Gasteiger partial charge in [0.2, 0.25) is 0 Å². The average Bonchev–Trinajstić information content (AvgIpc) is 2.89. The second kappa shape index (κ2) is 8.84. The van der Waals surface area contributed by atoms with E-state index < -0.39 is 5.54 Å². The lowest BCUT2D eigenvalue weighted by Crippen LogP contribution is -2.47. The minimum Gasteiger partial charge on any atom is -0.342 e. The van der Waals surface area contributed by atoms with E-state index in [0.29, 0.717) is 6.42 Å². The molecule has 1 heterocycles. The number of carbonyl (C=O) groups is 1. The Morgan fingerprint density at radius 1 is 0.676 bits per heavy atom. The molecule has 0 fully saturated rings. The largest absolute Gasteiger partial charge is 0.342 e. The van der Waals surface area contributed by atoms with Crippen LogP contribution in [0.2, 0.25) is 0 Å². The molecule has 0 saturated heterocycles. The third-order valence-electron chi connectivity index (χ3n) is 6.53. The molecule has 0 spiro atoms. The zero-order valence-electron chi connectivity index (χ0n) is 19.0. The first-order valence-electron chi connectivity index (χ1n) is 11.3. The number of hydrogen-bond acceptors (Lipinski definition) is 2. The van der Waals surface area contributed by atoms with Gasteiger partial charge in [0.05, 0.1) is 5.54 Å². The Kier molecular flexibility index (Phi) is 5.57. The molecule has 1 N–H and O–H groups in total. The highest BCUT2D eigenvalue weighted by atomic mass is 16.1. The highest BCUT2D eigenvalue weighted by Crippen LogP contribution is 2.39. The quantitative estimate of drug-likeness (QED) is 0.382. The fourth-order valence-corrected chi connectivity index (χ4v) is 4.63. The molecule has 3 heteroatoms. The molecule has 1 aliphatic rings. The van der Waals surface area contributed by atoms with Crippen molar-refractivity contribution in [2.24, 2.45) is 0 Å². The van der Waals surface area contributed by atoms with Crippen molar-refractivity contribution < 1.29 is 4.79 Å². The molecule has 0 radical (unpaired) electrons. The molecule has 1 unspecified atom stereocenters. The first-order chi connectivity index (χ1) is 16.6. The van der Waals surface area contributed by atoms with Crippen molar-refractivity contribution in [3.8, 4) is 28.3 Å². The van der Waals surface area contributed by atoms with Crippen LogP contribution in [-0.4, -0.2) is 5.91 Å². The van der Waals surface area contributed by atoms with Gasteiger partial charge in [-0.1, -0.05) is 109 Å². The zero-order valence-corrected chi connectivity index (χ0v) is 19.0. The van der Waals surface area contributed by atoms with Crippen molar-refractivity contribution in [1.29, 1.82) is 5.26 Å². The smallest absolute Gasteiger partial charge is 0.262 e. The van der Waals surface area contributed by atoms with Crippen molar-refractivity contribution >= 4 is 11.5 Å². The topological polar surface area (TPSA) is 52.9 Å². The van der Waals surface area contributed by atoms with Crippen molar-refractivity contribution in [3.05, 3.63) is 126 Å². The summed E-state index contributed by atoms with van der Waals surface area (Å²) < 4.78 is 0. The average molecular weight is 441 g/mol. The number of nitrogens with zero attached hydrogens (tertiary/aromatic N) is 1. The molecule has 0 aromatic heterocycles. The lowest BCUT2D eigenvalue weighted by molar-refractivity contribution is -0.119. The first-order valence-corrected chi connectivity index (χ1v) is 11.3. The molecule has 1 aliphatic heterocycles. The molecule has 0 bridgehead atoms. The van der Waals surface area contributed by atoms with Gasteiger partial charge in [-0.05, 0) is 45.9 Å². The van der Waals surface area contributed by atoms with Gasteiger partial charge in [0.15, 0.2) is 0 Å². The van der Waals surface area contributed by atoms with E-state index in [1.54, 1.807) is 0 Å². The van der Waals surface area contributed by atoms with Crippen LogP contribution in [0.5, 0.6) is 0 Å². The van der Waals surface area contributed by atoms with E-state index in [0.717, 1.165) is 39.0 Å². The van der Waals surface area contributed by atoms with Gasteiger partial charge in [-0.15, -0.1) is 0 Å². The van der Waals surface area contributed by atoms with Crippen molar-refractivity contribution in [2.45, 2.75) is 18.9 Å². The van der Waals surface area contributed by atoms with Crippen LogP contribution in [0, 0.1) is 11.3 Å². The van der Waals surface area contributed by atoms with E-state index in [-0.39, 0.29) is 11.5 Å². The highest BCUT2D eigenvalue weighted by Gasteiger charge is 2.37. The van der Waals surface area contributed by atoms with Crippen LogP contribution in [0.1, 0.15) is 24.5 Å². The summed E-state index contributed by atoms with van der Waals surface area (Å²) in [6.45, 7) is 2.02. The van der Waals surface area contributed by atoms with Gasteiger partial charge >= 0.3 is 0 Å². The van der Waals surface area contributed by atoms with E-state index in [4.69, 9.17) is 0 Å². The highest BCUT2D eigenvalue weighted by molar-refractivity contribution is 6.07. The second-order valence-corrected chi connectivity index (χ2v) is 8.82. The van der Waals surface area contributed by atoms with Gasteiger partial charge in [0.1, 0.15) is 11.6 Å². The van der Waals surface area contributed by atoms with Crippen LogP contribution in [-0.2, 0) is 10.3 Å². The molecule has 0 aliphatic carbocycles. The van der Waals surface area contributed by atoms with E-state index >= 15 is 0 Å². The standard InChI is InChI=1S/C31H24N2O/c1-31(27-18-16-25(17-19-27)23-10-6-3-7-11-23)20-28(29(21-32)30(34)33-31)26-14-12-24(13-15-26)22-8-4-2-5-9-22/h2-19H,20H2,1H3,(H,33,34). The van der Waals surface area contributed by atoms with Gasteiger partial charge in [0, 0.05) is 6.42 Å². The second-order valence-electron chi connectivity index (χ2n) is 8.82. The van der Waals surface area contributed by atoms with Crippen LogP contribution < -0.4 is 5.32 Å². The molecule has 1 amide bonds. The van der Waals surface area contributed by atoms with E-state index in [9.17, 15) is 10.1 Å². The van der Waals surface area contributed by atoms with Gasteiger partial charge in [-0.2, -0.15) is 5.26 Å². The zero-order chi connectivity index (χ0) is 23.5. The fourth-order valence-electron chi connectivity index (χ4n) is 4.63. The number of nitrogens with one attached hydrogen (secondary N) is 1. The van der Waals surface area contributed by atoms with Crippen molar-refractivity contribution in [2.75, 3.05) is 0 Å². The van der Waals surface area contributed by atoms with Crippen LogP contribution in [0.4, 0.5) is 0 Å². The first kappa shape index (κ1) is 21.4. The van der Waals surface area contributed by atoms with Gasteiger partial charge in [0.25, 0.3) is 5.91 Å². The maximum Gasteiger partial charge on any atom is 0.262 e. The van der Waals surface area contributed by atoms with Crippen LogP contribution in [0.15, 0.2) is 115 Å². The van der Waals surface area contributed by atoms with E-state index in [2.05, 4.69) is 59.9 Å². The maximum atomic E-state index is 13.0. The van der Waals surface area contributed by atoms with Gasteiger partial charge < -0.3 is 5.32 Å². The summed E-state index contributed by atoms with van der Waals surface area (Å²) >= 11 is 0. The summed E-state index contributed by atoms with van der Waals surface area (Å²) in [5.74, 6) is -0.328. The fraction of sp³-hybridized carbons (Fsp3) is 0.0968. The molecule has 1 atom stereocenters. The van der Waals surface area contributed by atoms with E-state index in [1.165, 1.54) is 0 Å². The molecule has 164 valence electrons. The molecule has 0 saturated carbocycles. The third kappa shape index (κ3) is 4.02. The minimum absolute atomic E-state index is 0.186. The maximum absolute atomic E-state index is 13.0. The molecular weight excluding hydrogens is 416 g/mol. The lowest BCUT2D eigenvalue weighted by Gasteiger charge is -2.36. The number of carbonyl (C=O) groups excluding carboxylic acids is 1. The summed E-state index contributed by atoms with van der Waals surface area (Å²) in [4.78, 5) is 13.0. The third-order valence-corrected chi connectivity index (χ3v) is 6.53. The van der Waals surface area contributed by atoms with Crippen LogP contribution in [0.3, 0.4) is 0 Å². The number of amides is 1. The Morgan fingerprint density at radius 3 is 1.62 bits per heavy atom. The number of nitriles is 1. The lowest BCUT2D eigenvalue weighted by atomic mass is 9.78. The number of benzene rings is 4. The monoisotopic (exact) mass is 440 g/mol. The summed E-state index contributed by atoms with van der Waals surface area (Å²) in [6.07, 6.45) is 0.539. The van der Waals surface area contributed by atoms with E-state index in [1.807, 2.05) is 67.6 Å². The molecule has 5 rings (SSSR count). The minimum atomic E-state index is -0.611. The Labute approximate surface area is 200 Å². The Morgan fingerprint density at radius 2 is 1.12 bits per heavy atom. The molecule has 34 heavy (non-hydrogen) atoms. The summed E-state index contributed by atoms with van der Waals surface area (Å²) in [7, 11) is 0. The summed E-state index contributed by atoms with van der Waals surface area (Å²) in [6, 6.07) is 38.9. The predicted octanol–water partition coefficient (Wildman–Crippen LogP) is 6.73. The van der Waals surface area contributed by atoms with Gasteiger partial charge in [-0.25, -0.2) is 0 Å². The van der Waals surface area contributed by atoms with Crippen molar-refractivity contribution in [1.82, 2.24) is 5.32 Å². The summed E-state index contributed by atoms with van der Waals surface area (Å²) in [5.41, 5.74) is 6.77. The molecular formula is C31H24N2O. The molecule has 3 nitrogen and oxygen atoms in total. The van der Waals surface area contributed by atoms with Crippen LogP contribution in [0.25, 0.3) is 27.8 Å². The Bertz CT molecular complexity index is 1400. The number of rotatable bonds is 4. The Hall–Kier alpha value is -4.42. The van der Waals surface area contributed by atoms with Crippen LogP contribution >= 0.6 is 0 Å².